The molecular formula is C22H22N2O. The van der Waals surface area contributed by atoms with Crippen LogP contribution in [0.3, 0.4) is 0 Å². The molecule has 0 aliphatic rings. The summed E-state index contributed by atoms with van der Waals surface area (Å²) in [5.74, 6) is 0.280. The highest BCUT2D eigenvalue weighted by Gasteiger charge is 2.07. The number of hydrogen-bond acceptors (Lipinski definition) is 3. The summed E-state index contributed by atoms with van der Waals surface area (Å²) in [6.45, 7) is 4.58. The Morgan fingerprint density at radius 1 is 0.920 bits per heavy atom. The fourth-order valence-electron chi connectivity index (χ4n) is 2.78. The first-order chi connectivity index (χ1) is 12.1. The minimum atomic E-state index is 0.280. The first kappa shape index (κ1) is 16.8. The van der Waals surface area contributed by atoms with Crippen LogP contribution in [0.1, 0.15) is 22.3 Å². The number of benzene rings is 3. The molecule has 0 bridgehead atoms. The van der Waals surface area contributed by atoms with Gasteiger partial charge in [-0.15, -0.1) is 0 Å². The lowest BCUT2D eigenvalue weighted by molar-refractivity contribution is 0.470. The smallest absolute Gasteiger partial charge is 0.127 e. The lowest BCUT2D eigenvalue weighted by atomic mass is 10.1. The Morgan fingerprint density at radius 3 is 2.24 bits per heavy atom. The maximum Gasteiger partial charge on any atom is 0.127 e. The van der Waals surface area contributed by atoms with Gasteiger partial charge >= 0.3 is 0 Å². The van der Waals surface area contributed by atoms with Crippen molar-refractivity contribution in [3.05, 3.63) is 95.1 Å². The number of phenolic OH excluding ortho intramolecular Hbond substituents is 1. The average Bonchev–Trinajstić information content (AvgIpc) is 2.64. The van der Waals surface area contributed by atoms with Crippen molar-refractivity contribution in [2.24, 2.45) is 5.10 Å². The summed E-state index contributed by atoms with van der Waals surface area (Å²) in [5, 5.41) is 16.9. The highest BCUT2D eigenvalue weighted by Crippen LogP contribution is 2.23. The van der Waals surface area contributed by atoms with Crippen molar-refractivity contribution in [3.8, 4) is 5.75 Å². The molecule has 25 heavy (non-hydrogen) atoms. The molecule has 0 unspecified atom stereocenters. The predicted octanol–water partition coefficient (Wildman–Crippen LogP) is 5.05. The van der Waals surface area contributed by atoms with E-state index in [0.717, 1.165) is 22.4 Å². The van der Waals surface area contributed by atoms with E-state index in [4.69, 9.17) is 0 Å². The minimum absolute atomic E-state index is 0.280. The van der Waals surface area contributed by atoms with Gasteiger partial charge in [0.1, 0.15) is 5.75 Å². The van der Waals surface area contributed by atoms with Crippen LogP contribution >= 0.6 is 0 Å². The quantitative estimate of drug-likeness (QED) is 0.525. The molecule has 0 aromatic heterocycles. The number of nitrogens with zero attached hydrogens (tertiary/aromatic N) is 2. The molecule has 0 atom stereocenters. The summed E-state index contributed by atoms with van der Waals surface area (Å²) in [5.41, 5.74) is 4.87. The average molecular weight is 330 g/mol. The van der Waals surface area contributed by atoms with Gasteiger partial charge < -0.3 is 5.11 Å². The fourth-order valence-corrected chi connectivity index (χ4v) is 2.78. The largest absolute Gasteiger partial charge is 0.507 e. The number of rotatable bonds is 5. The van der Waals surface area contributed by atoms with Crippen molar-refractivity contribution in [3.63, 3.8) is 0 Å². The maximum atomic E-state index is 10.3. The van der Waals surface area contributed by atoms with Crippen LogP contribution in [0.2, 0.25) is 0 Å². The molecule has 3 rings (SSSR count). The number of aromatic hydroxyl groups is 1. The molecule has 0 amide bonds. The van der Waals surface area contributed by atoms with Crippen LogP contribution < -0.4 is 5.01 Å². The van der Waals surface area contributed by atoms with Gasteiger partial charge in [-0.05, 0) is 48.7 Å². The number of phenols is 1. The van der Waals surface area contributed by atoms with Gasteiger partial charge in [-0.1, -0.05) is 54.6 Å². The van der Waals surface area contributed by atoms with Gasteiger partial charge in [-0.2, -0.15) is 5.10 Å². The van der Waals surface area contributed by atoms with E-state index in [-0.39, 0.29) is 5.75 Å². The van der Waals surface area contributed by atoms with Gasteiger partial charge in [-0.25, -0.2) is 0 Å². The Morgan fingerprint density at radius 2 is 1.56 bits per heavy atom. The van der Waals surface area contributed by atoms with E-state index in [1.807, 2.05) is 79.5 Å². The summed E-state index contributed by atoms with van der Waals surface area (Å²) in [6.07, 6.45) is 1.73. The summed E-state index contributed by atoms with van der Waals surface area (Å²) in [4.78, 5) is 0. The molecule has 0 saturated heterocycles. The topological polar surface area (TPSA) is 35.8 Å². The third kappa shape index (κ3) is 4.27. The zero-order chi connectivity index (χ0) is 17.6. The van der Waals surface area contributed by atoms with E-state index in [9.17, 15) is 5.11 Å². The van der Waals surface area contributed by atoms with E-state index < -0.39 is 0 Å². The van der Waals surface area contributed by atoms with Gasteiger partial charge in [-0.3, -0.25) is 5.01 Å². The van der Waals surface area contributed by atoms with Crippen molar-refractivity contribution in [2.45, 2.75) is 20.4 Å². The van der Waals surface area contributed by atoms with E-state index in [2.05, 4.69) is 17.2 Å². The van der Waals surface area contributed by atoms with Gasteiger partial charge in [0.25, 0.3) is 0 Å². The lowest BCUT2D eigenvalue weighted by Gasteiger charge is -2.19. The van der Waals surface area contributed by atoms with Crippen LogP contribution in [0.4, 0.5) is 5.69 Å². The van der Waals surface area contributed by atoms with Crippen LogP contribution in [-0.4, -0.2) is 11.3 Å². The zero-order valence-electron chi connectivity index (χ0n) is 14.6. The molecule has 0 aliphatic heterocycles. The second kappa shape index (κ2) is 7.67. The van der Waals surface area contributed by atoms with E-state index in [1.54, 1.807) is 6.21 Å². The van der Waals surface area contributed by atoms with Crippen LogP contribution in [0.25, 0.3) is 0 Å². The van der Waals surface area contributed by atoms with Crippen molar-refractivity contribution >= 4 is 11.9 Å². The predicted molar refractivity (Wildman–Crippen MR) is 104 cm³/mol. The molecule has 3 aromatic carbocycles. The number of para-hydroxylation sites is 1. The van der Waals surface area contributed by atoms with Crippen LogP contribution in [0.15, 0.2) is 77.9 Å². The van der Waals surface area contributed by atoms with E-state index in [0.29, 0.717) is 6.54 Å². The summed E-state index contributed by atoms with van der Waals surface area (Å²) in [7, 11) is 0. The standard InChI is InChI=1S/C22H22N2O/c1-17-13-18(2)22(25)20(14-17)15-23-24(21-11-7-4-8-12-21)16-19-9-5-3-6-10-19/h3-15,25H,16H2,1-2H3. The van der Waals surface area contributed by atoms with Crippen LogP contribution in [0, 0.1) is 13.8 Å². The summed E-state index contributed by atoms with van der Waals surface area (Å²) in [6, 6.07) is 24.2. The first-order valence-electron chi connectivity index (χ1n) is 8.34. The Balaban J connectivity index is 1.92. The molecule has 0 fully saturated rings. The minimum Gasteiger partial charge on any atom is -0.507 e. The normalized spacial score (nSPS) is 11.0. The molecule has 0 heterocycles. The summed E-state index contributed by atoms with van der Waals surface area (Å²) >= 11 is 0. The molecule has 0 spiro atoms. The molecule has 3 aromatic rings. The second-order valence-corrected chi connectivity index (χ2v) is 6.14. The van der Waals surface area contributed by atoms with Crippen LogP contribution in [-0.2, 0) is 6.54 Å². The third-order valence-electron chi connectivity index (χ3n) is 4.04. The Hall–Kier alpha value is -3.07. The van der Waals surface area contributed by atoms with Gasteiger partial charge in [0.15, 0.2) is 0 Å². The van der Waals surface area contributed by atoms with E-state index >= 15 is 0 Å². The molecular weight excluding hydrogens is 308 g/mol. The molecule has 3 heteroatoms. The zero-order valence-corrected chi connectivity index (χ0v) is 14.6. The number of hydrazone groups is 1. The van der Waals surface area contributed by atoms with Crippen LogP contribution in [0.5, 0.6) is 5.75 Å². The molecule has 3 nitrogen and oxygen atoms in total. The van der Waals surface area contributed by atoms with Crippen molar-refractivity contribution in [2.75, 3.05) is 5.01 Å². The van der Waals surface area contributed by atoms with Crippen molar-refractivity contribution in [1.82, 2.24) is 0 Å². The second-order valence-electron chi connectivity index (χ2n) is 6.14. The van der Waals surface area contributed by atoms with Gasteiger partial charge in [0.2, 0.25) is 0 Å². The first-order valence-corrected chi connectivity index (χ1v) is 8.34. The van der Waals surface area contributed by atoms with E-state index in [1.165, 1.54) is 5.56 Å². The number of hydrogen-bond donors (Lipinski definition) is 1. The number of aryl methyl sites for hydroxylation is 2. The van der Waals surface area contributed by atoms with Crippen molar-refractivity contribution in [1.29, 1.82) is 0 Å². The van der Waals surface area contributed by atoms with Gasteiger partial charge in [0, 0.05) is 5.56 Å². The Bertz CT molecular complexity index is 858. The highest BCUT2D eigenvalue weighted by molar-refractivity contribution is 5.85. The third-order valence-corrected chi connectivity index (χ3v) is 4.04. The monoisotopic (exact) mass is 330 g/mol. The maximum absolute atomic E-state index is 10.3. The van der Waals surface area contributed by atoms with Crippen molar-refractivity contribution < 1.29 is 5.11 Å². The van der Waals surface area contributed by atoms with Gasteiger partial charge in [0.05, 0.1) is 18.4 Å². The SMILES string of the molecule is Cc1cc(C)c(O)c(C=NN(Cc2ccccc2)c2ccccc2)c1. The Kier molecular flexibility index (Phi) is 5.14. The summed E-state index contributed by atoms with van der Waals surface area (Å²) < 4.78 is 0. The molecule has 0 radical (unpaired) electrons. The molecule has 1 N–H and O–H groups in total. The fraction of sp³-hybridized carbons (Fsp3) is 0.136. The highest BCUT2D eigenvalue weighted by atomic mass is 16.3. The molecule has 126 valence electrons. The molecule has 0 saturated carbocycles. The lowest BCUT2D eigenvalue weighted by Crippen LogP contribution is -2.16. The Labute approximate surface area is 148 Å². The number of anilines is 1. The molecule has 0 aliphatic carbocycles.